The number of anilines is 2. The van der Waals surface area contributed by atoms with Gasteiger partial charge in [0.1, 0.15) is 5.82 Å². The van der Waals surface area contributed by atoms with E-state index in [0.717, 1.165) is 10.7 Å². The Morgan fingerprint density at radius 2 is 1.83 bits per heavy atom. The second kappa shape index (κ2) is 5.53. The molecule has 3 rings (SSSR count). The van der Waals surface area contributed by atoms with Crippen LogP contribution >= 0.6 is 0 Å². The van der Waals surface area contributed by atoms with Crippen LogP contribution < -0.4 is 10.6 Å². The molecule has 2 aromatic heterocycles. The second-order valence-corrected chi connectivity index (χ2v) is 5.14. The van der Waals surface area contributed by atoms with Crippen molar-refractivity contribution in [3.05, 3.63) is 54.0 Å². The summed E-state index contributed by atoms with van der Waals surface area (Å²) in [6, 6.07) is 9.80. The monoisotopic (exact) mass is 309 g/mol. The third kappa shape index (κ3) is 2.64. The minimum atomic E-state index is -0.426. The van der Waals surface area contributed by atoms with E-state index in [9.17, 15) is 9.59 Å². The molecule has 116 valence electrons. The van der Waals surface area contributed by atoms with E-state index in [2.05, 4.69) is 10.2 Å². The molecule has 0 aliphatic rings. The Morgan fingerprint density at radius 1 is 1.13 bits per heavy atom. The van der Waals surface area contributed by atoms with Gasteiger partial charge in [-0.05, 0) is 43.3 Å². The van der Waals surface area contributed by atoms with E-state index in [4.69, 9.17) is 5.73 Å². The fraction of sp³-hybridized carbons (Fsp3) is 0.125. The Kier molecular flexibility index (Phi) is 3.53. The number of carbonyl (C=O) groups excluding carboxylic acids is 2. The fourth-order valence-electron chi connectivity index (χ4n) is 2.34. The highest BCUT2D eigenvalue weighted by atomic mass is 16.2. The zero-order valence-electron chi connectivity index (χ0n) is 12.7. The summed E-state index contributed by atoms with van der Waals surface area (Å²) in [6.07, 6.45) is 1.71. The zero-order chi connectivity index (χ0) is 16.6. The van der Waals surface area contributed by atoms with Crippen LogP contribution in [0.4, 0.5) is 11.4 Å². The zero-order valence-corrected chi connectivity index (χ0v) is 12.7. The summed E-state index contributed by atoms with van der Waals surface area (Å²) in [7, 11) is 0. The van der Waals surface area contributed by atoms with E-state index in [0.29, 0.717) is 22.6 Å². The molecule has 7 nitrogen and oxygen atoms in total. The number of imide groups is 1. The second-order valence-electron chi connectivity index (χ2n) is 5.14. The molecule has 0 fully saturated rings. The van der Waals surface area contributed by atoms with Gasteiger partial charge in [0.05, 0.1) is 5.69 Å². The molecule has 2 heterocycles. The lowest BCUT2D eigenvalue weighted by Crippen LogP contribution is -2.35. The van der Waals surface area contributed by atoms with Crippen LogP contribution in [0, 0.1) is 6.92 Å². The van der Waals surface area contributed by atoms with Gasteiger partial charge in [-0.2, -0.15) is 0 Å². The van der Waals surface area contributed by atoms with Crippen molar-refractivity contribution >= 4 is 28.8 Å². The molecule has 2 N–H and O–H groups in total. The third-order valence-corrected chi connectivity index (χ3v) is 3.50. The first kappa shape index (κ1) is 14.7. The third-order valence-electron chi connectivity index (χ3n) is 3.50. The summed E-state index contributed by atoms with van der Waals surface area (Å²) in [6.45, 7) is 3.16. The van der Waals surface area contributed by atoms with Gasteiger partial charge in [0.15, 0.2) is 5.65 Å². The average molecular weight is 309 g/mol. The number of hydrogen-bond acceptors (Lipinski definition) is 5. The summed E-state index contributed by atoms with van der Waals surface area (Å²) in [5, 5.41) is 7.94. The number of aromatic nitrogens is 3. The first-order chi connectivity index (χ1) is 11.0. The Bertz CT molecular complexity index is 898. The number of nitrogens with zero attached hydrogens (tertiary/aromatic N) is 4. The Balaban J connectivity index is 2.02. The van der Waals surface area contributed by atoms with Crippen molar-refractivity contribution in [3.8, 4) is 0 Å². The van der Waals surface area contributed by atoms with Crippen molar-refractivity contribution in [2.24, 2.45) is 0 Å². The van der Waals surface area contributed by atoms with Crippen molar-refractivity contribution in [2.75, 3.05) is 10.6 Å². The quantitative estimate of drug-likeness (QED) is 0.729. The van der Waals surface area contributed by atoms with Crippen LogP contribution in [0.5, 0.6) is 0 Å². The maximum absolute atomic E-state index is 12.7. The number of benzene rings is 1. The van der Waals surface area contributed by atoms with E-state index in [-0.39, 0.29) is 5.91 Å². The lowest BCUT2D eigenvalue weighted by Gasteiger charge is -2.19. The number of nitrogen functional groups attached to an aromatic ring is 1. The molecule has 0 bridgehead atoms. The molecule has 0 spiro atoms. The Labute approximate surface area is 132 Å². The van der Waals surface area contributed by atoms with Gasteiger partial charge in [-0.25, -0.2) is 4.90 Å². The van der Waals surface area contributed by atoms with Gasteiger partial charge in [0, 0.05) is 24.4 Å². The lowest BCUT2D eigenvalue weighted by atomic mass is 10.2. The molecule has 0 saturated carbocycles. The number of pyridine rings is 1. The van der Waals surface area contributed by atoms with Crippen LogP contribution in [0.3, 0.4) is 0 Å². The molecule has 0 aliphatic carbocycles. The summed E-state index contributed by atoms with van der Waals surface area (Å²) < 4.78 is 1.76. The summed E-state index contributed by atoms with van der Waals surface area (Å²) in [5.41, 5.74) is 7.58. The Morgan fingerprint density at radius 3 is 2.48 bits per heavy atom. The standard InChI is InChI=1S/C16H15N5O2/c1-10-18-19-15-9-12(7-8-20(10)15)16(23)21(11(2)22)14-5-3-13(17)4-6-14/h3-9H,17H2,1-2H3. The SMILES string of the molecule is CC(=O)N(C(=O)c1ccn2c(C)nnc2c1)c1ccc(N)cc1. The van der Waals surface area contributed by atoms with E-state index in [1.807, 2.05) is 6.92 Å². The molecule has 0 radical (unpaired) electrons. The number of fused-ring (bicyclic) bond motifs is 1. The molecule has 3 aromatic rings. The predicted octanol–water partition coefficient (Wildman–Crippen LogP) is 1.81. The van der Waals surface area contributed by atoms with Gasteiger partial charge in [-0.3, -0.25) is 14.0 Å². The van der Waals surface area contributed by atoms with Crippen molar-refractivity contribution in [1.29, 1.82) is 0 Å². The molecule has 0 saturated heterocycles. The van der Waals surface area contributed by atoms with Crippen LogP contribution in [-0.2, 0) is 4.79 Å². The molecule has 0 atom stereocenters. The molecule has 23 heavy (non-hydrogen) atoms. The van der Waals surface area contributed by atoms with Crippen molar-refractivity contribution in [2.45, 2.75) is 13.8 Å². The summed E-state index contributed by atoms with van der Waals surface area (Å²) >= 11 is 0. The number of amides is 2. The number of carbonyl (C=O) groups is 2. The van der Waals surface area contributed by atoms with Crippen LogP contribution in [0.2, 0.25) is 0 Å². The first-order valence-electron chi connectivity index (χ1n) is 6.99. The van der Waals surface area contributed by atoms with Gasteiger partial charge in [-0.1, -0.05) is 0 Å². The van der Waals surface area contributed by atoms with Crippen LogP contribution in [-0.4, -0.2) is 26.4 Å². The normalized spacial score (nSPS) is 10.7. The van der Waals surface area contributed by atoms with E-state index in [1.54, 1.807) is 47.0 Å². The summed E-state index contributed by atoms with van der Waals surface area (Å²) in [5.74, 6) is -0.0799. The van der Waals surface area contributed by atoms with E-state index < -0.39 is 5.91 Å². The highest BCUT2D eigenvalue weighted by Crippen LogP contribution is 2.20. The van der Waals surface area contributed by atoms with Gasteiger partial charge in [-0.15, -0.1) is 10.2 Å². The highest BCUT2D eigenvalue weighted by Gasteiger charge is 2.22. The summed E-state index contributed by atoms with van der Waals surface area (Å²) in [4.78, 5) is 25.8. The smallest absolute Gasteiger partial charge is 0.265 e. The lowest BCUT2D eigenvalue weighted by molar-refractivity contribution is -0.115. The van der Waals surface area contributed by atoms with E-state index in [1.165, 1.54) is 6.92 Å². The largest absolute Gasteiger partial charge is 0.399 e. The minimum absolute atomic E-state index is 0.358. The number of rotatable bonds is 2. The number of nitrogens with two attached hydrogens (primary N) is 1. The molecule has 0 unspecified atom stereocenters. The molecule has 1 aromatic carbocycles. The van der Waals surface area contributed by atoms with E-state index >= 15 is 0 Å². The van der Waals surface area contributed by atoms with Gasteiger partial charge in [0.25, 0.3) is 5.91 Å². The maximum atomic E-state index is 12.7. The number of aryl methyl sites for hydroxylation is 1. The topological polar surface area (TPSA) is 93.6 Å². The molecular weight excluding hydrogens is 294 g/mol. The van der Waals surface area contributed by atoms with Gasteiger partial charge >= 0.3 is 0 Å². The van der Waals surface area contributed by atoms with Crippen molar-refractivity contribution in [1.82, 2.24) is 14.6 Å². The molecular formula is C16H15N5O2. The van der Waals surface area contributed by atoms with Crippen LogP contribution in [0.25, 0.3) is 5.65 Å². The predicted molar refractivity (Wildman–Crippen MR) is 86.1 cm³/mol. The van der Waals surface area contributed by atoms with Gasteiger partial charge < -0.3 is 5.73 Å². The maximum Gasteiger partial charge on any atom is 0.265 e. The highest BCUT2D eigenvalue weighted by molar-refractivity contribution is 6.20. The van der Waals surface area contributed by atoms with Crippen molar-refractivity contribution < 1.29 is 9.59 Å². The molecule has 0 aliphatic heterocycles. The molecule has 2 amide bonds. The van der Waals surface area contributed by atoms with Crippen molar-refractivity contribution in [3.63, 3.8) is 0 Å². The Hall–Kier alpha value is -3.22. The number of hydrogen-bond donors (Lipinski definition) is 1. The first-order valence-corrected chi connectivity index (χ1v) is 6.99. The van der Waals surface area contributed by atoms with Crippen LogP contribution in [0.15, 0.2) is 42.6 Å². The average Bonchev–Trinajstić information content (AvgIpc) is 2.90. The van der Waals surface area contributed by atoms with Crippen LogP contribution in [0.1, 0.15) is 23.1 Å². The fourth-order valence-corrected chi connectivity index (χ4v) is 2.34. The van der Waals surface area contributed by atoms with Gasteiger partial charge in [0.2, 0.25) is 5.91 Å². The molecule has 7 heteroatoms. The minimum Gasteiger partial charge on any atom is -0.399 e.